The maximum Gasteiger partial charge on any atom is 0.416 e. The van der Waals surface area contributed by atoms with Gasteiger partial charge >= 0.3 is 6.18 Å². The number of halogens is 3. The van der Waals surface area contributed by atoms with Gasteiger partial charge in [0.1, 0.15) is 12.4 Å². The smallest absolute Gasteiger partial charge is 0.324 e. The van der Waals surface area contributed by atoms with Gasteiger partial charge in [-0.1, -0.05) is 24.3 Å². The number of allylic oxidation sites excluding steroid dienone is 1. The van der Waals surface area contributed by atoms with Crippen molar-refractivity contribution in [2.24, 2.45) is 0 Å². The molecule has 0 fully saturated rings. The summed E-state index contributed by atoms with van der Waals surface area (Å²) in [5.41, 5.74) is 0.850. The van der Waals surface area contributed by atoms with Crippen LogP contribution in [0.25, 0.3) is 5.70 Å². The van der Waals surface area contributed by atoms with Gasteiger partial charge in [-0.15, -0.1) is 0 Å². The molecule has 1 aliphatic rings. The van der Waals surface area contributed by atoms with Crippen LogP contribution in [0.1, 0.15) is 22.7 Å². The predicted molar refractivity (Wildman–Crippen MR) is 94.3 cm³/mol. The summed E-state index contributed by atoms with van der Waals surface area (Å²) in [7, 11) is 0. The molecule has 1 aromatic heterocycles. The lowest BCUT2D eigenvalue weighted by Gasteiger charge is -2.24. The van der Waals surface area contributed by atoms with E-state index in [0.29, 0.717) is 22.8 Å². The van der Waals surface area contributed by atoms with E-state index in [9.17, 15) is 23.3 Å². The van der Waals surface area contributed by atoms with E-state index in [1.54, 1.807) is 22.9 Å². The molecule has 1 N–H and O–H groups in total. The minimum Gasteiger partial charge on any atom is -0.324 e. The standard InChI is InChI=1S/C18H12F3N5O2/c19-18(20,21)13-6-4-11(5-7-13)15-9-16(25-17(24-15)22-10-23-25)12-2-1-3-14(8-12)26(27)28/h1-10,16H,(H,22,23,24). The van der Waals surface area contributed by atoms with E-state index in [1.807, 2.05) is 0 Å². The molecule has 0 saturated carbocycles. The minimum atomic E-state index is -4.42. The second-order valence-electron chi connectivity index (χ2n) is 6.11. The Kier molecular flexibility index (Phi) is 4.10. The average Bonchev–Trinajstić information content (AvgIpc) is 3.15. The van der Waals surface area contributed by atoms with Gasteiger partial charge in [0.05, 0.1) is 10.5 Å². The zero-order chi connectivity index (χ0) is 19.9. The van der Waals surface area contributed by atoms with E-state index in [-0.39, 0.29) is 5.69 Å². The van der Waals surface area contributed by atoms with Crippen LogP contribution in [0.4, 0.5) is 24.8 Å². The topological polar surface area (TPSA) is 85.9 Å². The van der Waals surface area contributed by atoms with Crippen LogP contribution in [0.3, 0.4) is 0 Å². The first kappa shape index (κ1) is 17.7. The Morgan fingerprint density at radius 3 is 2.57 bits per heavy atom. The molecule has 3 aromatic rings. The van der Waals surface area contributed by atoms with Gasteiger partial charge in [0.15, 0.2) is 0 Å². The van der Waals surface area contributed by atoms with Crippen molar-refractivity contribution in [1.82, 2.24) is 14.8 Å². The number of anilines is 1. The summed E-state index contributed by atoms with van der Waals surface area (Å²) in [6.07, 6.45) is -1.35. The summed E-state index contributed by atoms with van der Waals surface area (Å²) >= 11 is 0. The molecule has 28 heavy (non-hydrogen) atoms. The molecular weight excluding hydrogens is 375 g/mol. The van der Waals surface area contributed by atoms with Gasteiger partial charge in [-0.05, 0) is 29.3 Å². The quantitative estimate of drug-likeness (QED) is 0.536. The predicted octanol–water partition coefficient (Wildman–Crippen LogP) is 4.26. The highest BCUT2D eigenvalue weighted by Crippen LogP contribution is 2.34. The Morgan fingerprint density at radius 1 is 1.14 bits per heavy atom. The summed E-state index contributed by atoms with van der Waals surface area (Å²) in [6.45, 7) is 0. The Hall–Kier alpha value is -3.69. The summed E-state index contributed by atoms with van der Waals surface area (Å²) < 4.78 is 39.9. The van der Waals surface area contributed by atoms with Gasteiger partial charge in [-0.3, -0.25) is 10.1 Å². The number of aromatic nitrogens is 3. The van der Waals surface area contributed by atoms with E-state index in [2.05, 4.69) is 15.4 Å². The highest BCUT2D eigenvalue weighted by Gasteiger charge is 2.30. The van der Waals surface area contributed by atoms with Crippen molar-refractivity contribution in [2.75, 3.05) is 5.32 Å². The first-order chi connectivity index (χ1) is 13.3. The lowest BCUT2D eigenvalue weighted by Crippen LogP contribution is -2.20. The Balaban J connectivity index is 1.75. The number of hydrogen-bond acceptors (Lipinski definition) is 5. The third-order valence-electron chi connectivity index (χ3n) is 4.35. The maximum atomic E-state index is 12.8. The molecule has 0 aliphatic carbocycles. The number of nitrogens with one attached hydrogen (secondary N) is 1. The van der Waals surface area contributed by atoms with Gasteiger partial charge in [0, 0.05) is 17.8 Å². The van der Waals surface area contributed by atoms with E-state index in [0.717, 1.165) is 12.1 Å². The Labute approximate surface area is 156 Å². The van der Waals surface area contributed by atoms with Crippen LogP contribution in [-0.2, 0) is 6.18 Å². The van der Waals surface area contributed by atoms with Gasteiger partial charge in [0.25, 0.3) is 5.69 Å². The number of nitro benzene ring substituents is 1. The Bertz CT molecular complexity index is 1070. The summed E-state index contributed by atoms with van der Waals surface area (Å²) in [4.78, 5) is 14.7. The number of hydrogen-bond donors (Lipinski definition) is 1. The summed E-state index contributed by atoms with van der Waals surface area (Å²) in [5, 5.41) is 18.2. The van der Waals surface area contributed by atoms with Gasteiger partial charge in [0.2, 0.25) is 5.95 Å². The number of rotatable bonds is 3. The van der Waals surface area contributed by atoms with Crippen LogP contribution in [0.15, 0.2) is 60.9 Å². The highest BCUT2D eigenvalue weighted by atomic mass is 19.4. The zero-order valence-electron chi connectivity index (χ0n) is 14.1. The minimum absolute atomic E-state index is 0.0674. The van der Waals surface area contributed by atoms with Crippen molar-refractivity contribution in [3.8, 4) is 0 Å². The second kappa shape index (κ2) is 6.48. The van der Waals surface area contributed by atoms with Gasteiger partial charge in [-0.2, -0.15) is 23.3 Å². The fourth-order valence-corrected chi connectivity index (χ4v) is 3.00. The molecule has 10 heteroatoms. The first-order valence-corrected chi connectivity index (χ1v) is 8.13. The molecule has 142 valence electrons. The largest absolute Gasteiger partial charge is 0.416 e. The van der Waals surface area contributed by atoms with Crippen LogP contribution >= 0.6 is 0 Å². The third-order valence-corrected chi connectivity index (χ3v) is 4.35. The third kappa shape index (κ3) is 3.20. The fourth-order valence-electron chi connectivity index (χ4n) is 3.00. The number of non-ortho nitro benzene ring substituents is 1. The molecule has 1 aliphatic heterocycles. The van der Waals surface area contributed by atoms with Crippen molar-refractivity contribution in [3.05, 3.63) is 87.7 Å². The van der Waals surface area contributed by atoms with E-state index in [1.165, 1.54) is 30.6 Å². The maximum absolute atomic E-state index is 12.8. The molecule has 0 radical (unpaired) electrons. The number of benzene rings is 2. The SMILES string of the molecule is O=[N+]([O-])c1cccc(C2C=C(c3ccc(C(F)(F)F)cc3)Nc3ncnn32)c1. The molecule has 0 saturated heterocycles. The molecule has 1 unspecified atom stereocenters. The molecule has 0 amide bonds. The number of nitro groups is 1. The first-order valence-electron chi connectivity index (χ1n) is 8.13. The molecule has 0 spiro atoms. The Morgan fingerprint density at radius 2 is 1.89 bits per heavy atom. The number of alkyl halides is 3. The second-order valence-corrected chi connectivity index (χ2v) is 6.11. The van der Waals surface area contributed by atoms with Crippen LogP contribution < -0.4 is 5.32 Å². The van der Waals surface area contributed by atoms with Gasteiger partial charge < -0.3 is 5.32 Å². The van der Waals surface area contributed by atoms with E-state index in [4.69, 9.17) is 0 Å². The fraction of sp³-hybridized carbons (Fsp3) is 0.111. The van der Waals surface area contributed by atoms with Crippen LogP contribution in [0, 0.1) is 10.1 Å². The van der Waals surface area contributed by atoms with Crippen LogP contribution in [-0.4, -0.2) is 19.7 Å². The number of fused-ring (bicyclic) bond motifs is 1. The van der Waals surface area contributed by atoms with Crippen LogP contribution in [0.5, 0.6) is 0 Å². The van der Waals surface area contributed by atoms with Crippen molar-refractivity contribution in [1.29, 1.82) is 0 Å². The monoisotopic (exact) mass is 387 g/mol. The number of nitrogens with zero attached hydrogens (tertiary/aromatic N) is 4. The van der Waals surface area contributed by atoms with Crippen LogP contribution in [0.2, 0.25) is 0 Å². The van der Waals surface area contributed by atoms with E-state index < -0.39 is 22.7 Å². The lowest BCUT2D eigenvalue weighted by atomic mass is 10.0. The zero-order valence-corrected chi connectivity index (χ0v) is 14.1. The molecule has 1 atom stereocenters. The molecular formula is C18H12F3N5O2. The summed E-state index contributed by atoms with van der Waals surface area (Å²) in [5.74, 6) is 0.383. The molecule has 7 nitrogen and oxygen atoms in total. The summed E-state index contributed by atoms with van der Waals surface area (Å²) in [6, 6.07) is 10.3. The van der Waals surface area contributed by atoms with Crippen molar-refractivity contribution in [3.63, 3.8) is 0 Å². The molecule has 2 aromatic carbocycles. The van der Waals surface area contributed by atoms with Crippen molar-refractivity contribution >= 4 is 17.3 Å². The van der Waals surface area contributed by atoms with Crippen molar-refractivity contribution < 1.29 is 18.1 Å². The molecule has 0 bridgehead atoms. The lowest BCUT2D eigenvalue weighted by molar-refractivity contribution is -0.384. The normalized spacial score (nSPS) is 16.1. The highest BCUT2D eigenvalue weighted by molar-refractivity contribution is 5.77. The molecule has 4 rings (SSSR count). The van der Waals surface area contributed by atoms with Gasteiger partial charge in [-0.25, -0.2) is 4.68 Å². The van der Waals surface area contributed by atoms with Crippen molar-refractivity contribution in [2.45, 2.75) is 12.2 Å². The van der Waals surface area contributed by atoms with E-state index >= 15 is 0 Å². The molecule has 2 heterocycles. The average molecular weight is 387 g/mol.